The minimum absolute atomic E-state index is 0.0910. The Morgan fingerprint density at radius 1 is 1.20 bits per heavy atom. The summed E-state index contributed by atoms with van der Waals surface area (Å²) in [7, 11) is 0. The Morgan fingerprint density at radius 3 is 2.85 bits per heavy atom. The summed E-state index contributed by atoms with van der Waals surface area (Å²) in [5.41, 5.74) is 9.60. The lowest BCUT2D eigenvalue weighted by Crippen LogP contribution is -2.16. The molecule has 20 heavy (non-hydrogen) atoms. The zero-order chi connectivity index (χ0) is 13.9. The summed E-state index contributed by atoms with van der Waals surface area (Å²) in [4.78, 5) is 9.10. The third kappa shape index (κ3) is 2.57. The second-order valence-corrected chi connectivity index (χ2v) is 5.90. The maximum absolute atomic E-state index is 6.33. The van der Waals surface area contributed by atoms with Gasteiger partial charge in [-0.1, -0.05) is 25.1 Å². The minimum Gasteiger partial charge on any atom is -0.322 e. The van der Waals surface area contributed by atoms with Crippen LogP contribution in [0.4, 0.5) is 0 Å². The van der Waals surface area contributed by atoms with Crippen LogP contribution in [0.2, 0.25) is 0 Å². The van der Waals surface area contributed by atoms with Crippen LogP contribution in [-0.4, -0.2) is 9.97 Å². The van der Waals surface area contributed by atoms with Crippen molar-refractivity contribution in [2.24, 2.45) is 5.73 Å². The molecule has 0 radical (unpaired) electrons. The molecule has 102 valence electrons. The Kier molecular flexibility index (Phi) is 3.76. The number of nitrogens with two attached hydrogens (primary N) is 1. The number of thiazole rings is 1. The molecule has 0 aliphatic heterocycles. The van der Waals surface area contributed by atoms with E-state index in [1.165, 1.54) is 10.3 Å². The van der Waals surface area contributed by atoms with Gasteiger partial charge < -0.3 is 5.73 Å². The van der Waals surface area contributed by atoms with Crippen molar-refractivity contribution in [2.75, 3.05) is 0 Å². The lowest BCUT2D eigenvalue weighted by Gasteiger charge is -2.13. The van der Waals surface area contributed by atoms with Gasteiger partial charge in [-0.2, -0.15) is 0 Å². The molecule has 0 amide bonds. The van der Waals surface area contributed by atoms with Crippen LogP contribution >= 0.6 is 11.3 Å². The maximum atomic E-state index is 6.33. The first kappa shape index (κ1) is 13.2. The van der Waals surface area contributed by atoms with Crippen molar-refractivity contribution >= 4 is 21.6 Å². The van der Waals surface area contributed by atoms with E-state index in [9.17, 15) is 0 Å². The Hall–Kier alpha value is -1.78. The largest absolute Gasteiger partial charge is 0.322 e. The van der Waals surface area contributed by atoms with Crippen LogP contribution in [-0.2, 0) is 12.8 Å². The molecule has 1 unspecified atom stereocenters. The fourth-order valence-electron chi connectivity index (χ4n) is 2.38. The van der Waals surface area contributed by atoms with E-state index in [1.54, 1.807) is 11.3 Å². The Labute approximate surface area is 122 Å². The number of aromatic nitrogens is 2. The van der Waals surface area contributed by atoms with E-state index in [4.69, 9.17) is 5.73 Å². The number of para-hydroxylation sites is 1. The smallest absolute Gasteiger partial charge is 0.0958 e. The number of nitrogens with zero attached hydrogens (tertiary/aromatic N) is 2. The van der Waals surface area contributed by atoms with Gasteiger partial charge in [0.15, 0.2) is 0 Å². The van der Waals surface area contributed by atoms with Gasteiger partial charge in [-0.3, -0.25) is 4.98 Å². The first-order valence-corrected chi connectivity index (χ1v) is 7.63. The predicted octanol–water partition coefficient (Wildman–Crippen LogP) is 3.50. The molecule has 0 fully saturated rings. The Bertz CT molecular complexity index is 687. The van der Waals surface area contributed by atoms with Gasteiger partial charge in [-0.15, -0.1) is 11.3 Å². The van der Waals surface area contributed by atoms with E-state index in [1.807, 2.05) is 30.5 Å². The zero-order valence-electron chi connectivity index (χ0n) is 11.4. The van der Waals surface area contributed by atoms with Crippen LogP contribution in [0, 0.1) is 0 Å². The monoisotopic (exact) mass is 283 g/mol. The summed E-state index contributed by atoms with van der Waals surface area (Å²) in [5.74, 6) is 0. The van der Waals surface area contributed by atoms with Crippen LogP contribution in [0.15, 0.2) is 42.6 Å². The molecular weight excluding hydrogens is 266 g/mol. The second-order valence-electron chi connectivity index (χ2n) is 4.79. The average molecular weight is 283 g/mol. The summed E-state index contributed by atoms with van der Waals surface area (Å²) in [6.07, 6.45) is 3.51. The molecular formula is C16H17N3S. The Balaban J connectivity index is 1.86. The minimum atomic E-state index is -0.0910. The van der Waals surface area contributed by atoms with Crippen LogP contribution in [0.25, 0.3) is 10.2 Å². The number of hydrogen-bond acceptors (Lipinski definition) is 4. The van der Waals surface area contributed by atoms with Gasteiger partial charge in [0, 0.05) is 12.6 Å². The number of hydrogen-bond donors (Lipinski definition) is 1. The highest BCUT2D eigenvalue weighted by molar-refractivity contribution is 7.18. The first-order valence-electron chi connectivity index (χ1n) is 6.81. The predicted molar refractivity (Wildman–Crippen MR) is 83.9 cm³/mol. The number of pyridine rings is 1. The number of rotatable bonds is 4. The fraction of sp³-hybridized carbons (Fsp3) is 0.250. The molecule has 2 aromatic heterocycles. The third-order valence-electron chi connectivity index (χ3n) is 3.39. The highest BCUT2D eigenvalue weighted by atomic mass is 32.1. The topological polar surface area (TPSA) is 51.8 Å². The molecule has 1 aromatic carbocycles. The van der Waals surface area contributed by atoms with Crippen molar-refractivity contribution in [1.29, 1.82) is 0 Å². The van der Waals surface area contributed by atoms with E-state index in [0.29, 0.717) is 0 Å². The fourth-order valence-corrected chi connectivity index (χ4v) is 3.40. The molecule has 3 rings (SSSR count). The standard InChI is InChI=1S/C16H17N3S/c1-2-11-6-5-9-18-16(11)12(17)10-15-19-13-7-3-4-8-14(13)20-15/h3-9,12H,2,10,17H2,1H3. The molecule has 0 saturated heterocycles. The highest BCUT2D eigenvalue weighted by Crippen LogP contribution is 2.25. The number of benzene rings is 1. The van der Waals surface area contributed by atoms with E-state index < -0.39 is 0 Å². The van der Waals surface area contributed by atoms with Gasteiger partial charge in [-0.05, 0) is 30.2 Å². The summed E-state index contributed by atoms with van der Waals surface area (Å²) >= 11 is 1.71. The summed E-state index contributed by atoms with van der Waals surface area (Å²) < 4.78 is 1.21. The molecule has 0 spiro atoms. The van der Waals surface area contributed by atoms with E-state index >= 15 is 0 Å². The first-order chi connectivity index (χ1) is 9.78. The summed E-state index contributed by atoms with van der Waals surface area (Å²) in [5, 5.41) is 1.08. The number of fused-ring (bicyclic) bond motifs is 1. The molecule has 0 bridgehead atoms. The molecule has 0 saturated carbocycles. The molecule has 3 nitrogen and oxygen atoms in total. The van der Waals surface area contributed by atoms with Crippen molar-refractivity contribution in [3.8, 4) is 0 Å². The van der Waals surface area contributed by atoms with Gasteiger partial charge in [-0.25, -0.2) is 4.98 Å². The summed E-state index contributed by atoms with van der Waals surface area (Å²) in [6.45, 7) is 2.13. The van der Waals surface area contributed by atoms with Gasteiger partial charge in [0.2, 0.25) is 0 Å². The lowest BCUT2D eigenvalue weighted by atomic mass is 10.0. The van der Waals surface area contributed by atoms with Crippen molar-refractivity contribution in [1.82, 2.24) is 9.97 Å². The van der Waals surface area contributed by atoms with E-state index in [-0.39, 0.29) is 6.04 Å². The lowest BCUT2D eigenvalue weighted by molar-refractivity contribution is 0.683. The SMILES string of the molecule is CCc1cccnc1C(N)Cc1nc2ccccc2s1. The normalized spacial score (nSPS) is 12.7. The Morgan fingerprint density at radius 2 is 2.05 bits per heavy atom. The third-order valence-corrected chi connectivity index (χ3v) is 4.45. The van der Waals surface area contributed by atoms with E-state index in [2.05, 4.69) is 29.0 Å². The molecule has 2 N–H and O–H groups in total. The molecule has 1 atom stereocenters. The number of aryl methyl sites for hydroxylation is 1. The quantitative estimate of drug-likeness (QED) is 0.797. The molecule has 2 heterocycles. The molecule has 4 heteroatoms. The van der Waals surface area contributed by atoms with Crippen molar-refractivity contribution in [3.05, 3.63) is 58.9 Å². The van der Waals surface area contributed by atoms with E-state index in [0.717, 1.165) is 29.1 Å². The molecule has 0 aliphatic rings. The van der Waals surface area contributed by atoms with Gasteiger partial charge >= 0.3 is 0 Å². The zero-order valence-corrected chi connectivity index (χ0v) is 12.2. The second kappa shape index (κ2) is 5.69. The average Bonchev–Trinajstić information content (AvgIpc) is 2.89. The highest BCUT2D eigenvalue weighted by Gasteiger charge is 2.14. The molecule has 0 aliphatic carbocycles. The molecule has 3 aromatic rings. The summed E-state index contributed by atoms with van der Waals surface area (Å²) in [6, 6.07) is 12.2. The van der Waals surface area contributed by atoms with Crippen LogP contribution < -0.4 is 5.73 Å². The van der Waals surface area contributed by atoms with Crippen molar-refractivity contribution in [2.45, 2.75) is 25.8 Å². The van der Waals surface area contributed by atoms with Gasteiger partial charge in [0.25, 0.3) is 0 Å². The van der Waals surface area contributed by atoms with Crippen molar-refractivity contribution < 1.29 is 0 Å². The van der Waals surface area contributed by atoms with Gasteiger partial charge in [0.05, 0.1) is 27.0 Å². The van der Waals surface area contributed by atoms with Gasteiger partial charge in [0.1, 0.15) is 0 Å². The van der Waals surface area contributed by atoms with Crippen molar-refractivity contribution in [3.63, 3.8) is 0 Å². The van der Waals surface area contributed by atoms with Crippen LogP contribution in [0.1, 0.15) is 29.2 Å². The maximum Gasteiger partial charge on any atom is 0.0958 e. The van der Waals surface area contributed by atoms with Crippen LogP contribution in [0.3, 0.4) is 0 Å². The van der Waals surface area contributed by atoms with Crippen LogP contribution in [0.5, 0.6) is 0 Å².